The predicted molar refractivity (Wildman–Crippen MR) is 454 cm³/mol. The van der Waals surface area contributed by atoms with E-state index in [4.69, 9.17) is 21.7 Å². The van der Waals surface area contributed by atoms with Crippen LogP contribution in [0.15, 0.2) is 77.7 Å². The molecule has 0 aromatic heterocycles. The SMILES string of the molecule is CCCCCCCCCCCCSC(=S)SC(C)(CC(CC(CC(C)(CC(CC(C)(C)C(=O)O)c1ccc(CCCCCCCCCCCC)cc1)C(=O)OC1CC(C)(C)N(O)C(C)(C)C1)c1ccc(S(=O)(=O)[O-])cc1)c1ccc(CCCCCCCCCCCC)cc1)C(=O)OC1CC(C)(C)N(O)C(C)(C)C1. The molecule has 5 atom stereocenters. The molecule has 0 aliphatic carbocycles. The van der Waals surface area contributed by atoms with Gasteiger partial charge in [0, 0.05) is 47.8 Å². The molecule has 0 spiro atoms. The molecule has 2 aliphatic heterocycles. The zero-order valence-electron chi connectivity index (χ0n) is 70.1. The predicted octanol–water partition coefficient (Wildman–Crippen LogP) is 25.6. The van der Waals surface area contributed by atoms with Gasteiger partial charge in [0.05, 0.1) is 15.7 Å². The molecule has 108 heavy (non-hydrogen) atoms. The van der Waals surface area contributed by atoms with Crippen LogP contribution in [-0.2, 0) is 46.8 Å². The summed E-state index contributed by atoms with van der Waals surface area (Å²) in [6, 6.07) is 23.4. The van der Waals surface area contributed by atoms with Crippen molar-refractivity contribution >= 4 is 67.3 Å². The van der Waals surface area contributed by atoms with Gasteiger partial charge in [0.1, 0.15) is 30.6 Å². The van der Waals surface area contributed by atoms with Gasteiger partial charge in [-0.05, 0) is 211 Å². The standard InChI is InChI=1S/C91H150N2O11S4/c1-16-19-22-25-28-31-34-37-40-43-46-70-48-52-72(53-49-70)76(65-91(15,83(97)104-79-68-88(10,11)93(99)89(12,13)69-79)107-84(105)106-60-45-42-39-36-33-30-27-24-21-18-3)61-75(73-56-58-80(59-57-73)108(100,101)102)63-90(14,82(96)103-78-66-86(6,7)92(98)87(8,9)67-78)64-77(62-85(4,5)81(94)95)74-54-50-71(51-55-74)47-44-41-38-35-32-29-26-23-20-17-2/h48-59,75-79,98-99H,16-47,60-69H2,1-15H3,(H,94,95)(H,100,101,102)/p-1. The number of unbranched alkanes of at least 4 members (excludes halogenated alkanes) is 27. The van der Waals surface area contributed by atoms with Crippen molar-refractivity contribution in [2.45, 2.75) is 429 Å². The first-order valence-corrected chi connectivity index (χ1v) is 46.3. The fourth-order valence-electron chi connectivity index (χ4n) is 17.5. The topological polar surface area (TPSA) is 194 Å². The number of carbonyl (C=O) groups excluding carboxylic acids is 2. The molecule has 2 fully saturated rings. The number of thiocarbonyl (C=S) groups is 1. The number of hydroxylamine groups is 4. The first kappa shape index (κ1) is 95.2. The van der Waals surface area contributed by atoms with Gasteiger partial charge in [-0.25, -0.2) is 8.42 Å². The molecule has 17 heteroatoms. The normalized spacial score (nSPS) is 18.4. The van der Waals surface area contributed by atoms with Crippen molar-refractivity contribution in [2.75, 3.05) is 5.75 Å². The number of carboxylic acids is 1. The van der Waals surface area contributed by atoms with Crippen molar-refractivity contribution in [2.24, 2.45) is 10.8 Å². The number of rotatable bonds is 53. The molecular weight excluding hydrogens is 1430 g/mol. The highest BCUT2D eigenvalue weighted by atomic mass is 32.2. The Labute approximate surface area is 671 Å². The third-order valence-electron chi connectivity index (χ3n) is 23.8. The van der Waals surface area contributed by atoms with E-state index in [1.165, 1.54) is 193 Å². The van der Waals surface area contributed by atoms with Crippen LogP contribution in [0.2, 0.25) is 0 Å². The molecule has 0 saturated carbocycles. The first-order valence-electron chi connectivity index (χ1n) is 42.6. The average Bonchev–Trinajstić information content (AvgIpc) is 0.777. The van der Waals surface area contributed by atoms with Crippen LogP contribution in [0, 0.1) is 10.8 Å². The maximum atomic E-state index is 16.3. The minimum absolute atomic E-state index is 0.139. The summed E-state index contributed by atoms with van der Waals surface area (Å²) in [5, 5.41) is 36.8. The lowest BCUT2D eigenvalue weighted by Crippen LogP contribution is -2.61. The van der Waals surface area contributed by atoms with E-state index in [9.17, 15) is 33.3 Å². The second-order valence-electron chi connectivity index (χ2n) is 36.6. The Bertz CT molecular complexity index is 3190. The molecule has 2 heterocycles. The van der Waals surface area contributed by atoms with Crippen molar-refractivity contribution in [1.82, 2.24) is 10.1 Å². The summed E-state index contributed by atoms with van der Waals surface area (Å²) in [4.78, 5) is 45.2. The molecule has 614 valence electrons. The number of hydrogen-bond donors (Lipinski definition) is 3. The van der Waals surface area contributed by atoms with Crippen molar-refractivity contribution in [1.29, 1.82) is 0 Å². The Balaban J connectivity index is 1.66. The van der Waals surface area contributed by atoms with Crippen LogP contribution in [0.4, 0.5) is 0 Å². The Morgan fingerprint density at radius 2 is 0.796 bits per heavy atom. The average molecular weight is 1580 g/mol. The van der Waals surface area contributed by atoms with Gasteiger partial charge in [-0.2, -0.15) is 10.1 Å². The number of aliphatic carboxylic acids is 1. The van der Waals surface area contributed by atoms with Crippen LogP contribution in [0.25, 0.3) is 0 Å². The molecule has 3 aromatic rings. The van der Waals surface area contributed by atoms with Crippen LogP contribution in [0.3, 0.4) is 0 Å². The summed E-state index contributed by atoms with van der Waals surface area (Å²) in [6.07, 6.45) is 40.2. The fraction of sp³-hybridized carbons (Fsp3) is 0.758. The van der Waals surface area contributed by atoms with Gasteiger partial charge in [0.2, 0.25) is 0 Å². The van der Waals surface area contributed by atoms with Gasteiger partial charge >= 0.3 is 17.9 Å². The van der Waals surface area contributed by atoms with E-state index in [0.29, 0.717) is 41.2 Å². The van der Waals surface area contributed by atoms with Gasteiger partial charge < -0.3 is 29.5 Å². The molecule has 0 bridgehead atoms. The van der Waals surface area contributed by atoms with Crippen LogP contribution in [0.5, 0.6) is 0 Å². The molecule has 2 saturated heterocycles. The first-order chi connectivity index (χ1) is 50.9. The summed E-state index contributed by atoms with van der Waals surface area (Å²) in [5.41, 5.74) is -0.590. The number of nitrogens with zero attached hydrogens (tertiary/aromatic N) is 2. The number of esters is 2. The Morgan fingerprint density at radius 3 is 1.16 bits per heavy atom. The lowest BCUT2D eigenvalue weighted by Gasteiger charge is -2.51. The highest BCUT2D eigenvalue weighted by Crippen LogP contribution is 2.52. The lowest BCUT2D eigenvalue weighted by molar-refractivity contribution is -0.260. The van der Waals surface area contributed by atoms with Gasteiger partial charge in [-0.15, -0.1) is 11.8 Å². The third-order valence-corrected chi connectivity index (χ3v) is 27.6. The molecule has 0 radical (unpaired) electrons. The largest absolute Gasteiger partial charge is 0.744 e. The van der Waals surface area contributed by atoms with Gasteiger partial charge in [-0.3, -0.25) is 14.4 Å². The summed E-state index contributed by atoms with van der Waals surface area (Å²) in [5.74, 6) is -2.51. The number of ether oxygens (including phenoxy) is 2. The number of benzene rings is 3. The molecule has 0 amide bonds. The number of aryl methyl sites for hydroxylation is 2. The molecule has 3 N–H and O–H groups in total. The highest BCUT2D eigenvalue weighted by molar-refractivity contribution is 8.47. The Morgan fingerprint density at radius 1 is 0.481 bits per heavy atom. The van der Waals surface area contributed by atoms with Crippen molar-refractivity contribution in [3.63, 3.8) is 0 Å². The van der Waals surface area contributed by atoms with E-state index in [2.05, 4.69) is 69.3 Å². The van der Waals surface area contributed by atoms with Crippen LogP contribution in [-0.4, -0.2) is 105 Å². The molecular formula is C91H149N2O11S4-. The Kier molecular flexibility index (Phi) is 40.8. The molecule has 3 aromatic carbocycles. The lowest BCUT2D eigenvalue weighted by atomic mass is 9.66. The molecule has 2 aliphatic rings. The minimum Gasteiger partial charge on any atom is -0.744 e. The van der Waals surface area contributed by atoms with E-state index < -0.39 is 95.7 Å². The number of carbonyl (C=O) groups is 3. The second-order valence-corrected chi connectivity index (χ2v) is 41.8. The van der Waals surface area contributed by atoms with E-state index in [-0.39, 0.29) is 30.6 Å². The van der Waals surface area contributed by atoms with Crippen molar-refractivity contribution in [3.05, 3.63) is 101 Å². The van der Waals surface area contributed by atoms with E-state index >= 15 is 9.59 Å². The highest BCUT2D eigenvalue weighted by Gasteiger charge is 2.52. The van der Waals surface area contributed by atoms with Crippen LogP contribution in [0.1, 0.15) is 400 Å². The third kappa shape index (κ3) is 32.5. The fourth-order valence-corrected chi connectivity index (χ4v) is 21.1. The van der Waals surface area contributed by atoms with E-state index in [0.717, 1.165) is 74.7 Å². The van der Waals surface area contributed by atoms with Crippen molar-refractivity contribution in [3.8, 4) is 0 Å². The van der Waals surface area contributed by atoms with E-state index in [1.54, 1.807) is 37.7 Å². The molecule has 5 unspecified atom stereocenters. The smallest absolute Gasteiger partial charge is 0.322 e. The maximum absolute atomic E-state index is 16.3. The van der Waals surface area contributed by atoms with Gasteiger partial charge in [-0.1, -0.05) is 279 Å². The van der Waals surface area contributed by atoms with Crippen molar-refractivity contribution < 1.29 is 52.3 Å². The van der Waals surface area contributed by atoms with E-state index in [1.807, 2.05) is 69.2 Å². The number of piperidine rings is 2. The summed E-state index contributed by atoms with van der Waals surface area (Å²) in [7, 11) is -4.88. The summed E-state index contributed by atoms with van der Waals surface area (Å²) >= 11 is 9.36. The number of carboxylic acid groups (broad SMARTS) is 1. The van der Waals surface area contributed by atoms with Gasteiger partial charge in [0.15, 0.2) is 0 Å². The second kappa shape index (κ2) is 46.2. The maximum Gasteiger partial charge on any atom is 0.322 e. The quantitative estimate of drug-likeness (QED) is 0.0209. The zero-order chi connectivity index (χ0) is 79.8. The van der Waals surface area contributed by atoms with Gasteiger partial charge in [0.25, 0.3) is 0 Å². The van der Waals surface area contributed by atoms with Crippen LogP contribution < -0.4 is 0 Å². The van der Waals surface area contributed by atoms with Crippen LogP contribution >= 0.6 is 35.7 Å². The minimum atomic E-state index is -4.88. The summed E-state index contributed by atoms with van der Waals surface area (Å²) in [6.45, 7) is 29.8. The number of thioether (sulfide) groups is 2. The Hall–Kier alpha value is -3.39. The summed E-state index contributed by atoms with van der Waals surface area (Å²) < 4.78 is 51.6. The molecule has 5 rings (SSSR count). The molecule has 13 nitrogen and oxygen atoms in total. The monoisotopic (exact) mass is 1570 g/mol. The zero-order valence-corrected chi connectivity index (χ0v) is 73.4. The number of hydrogen-bond acceptors (Lipinski definition) is 15.